The van der Waals surface area contributed by atoms with E-state index in [4.69, 9.17) is 13.6 Å². The largest absolute Gasteiger partial charge is 0.497 e. The van der Waals surface area contributed by atoms with Crippen LogP contribution in [0.25, 0.3) is 11.0 Å². The van der Waals surface area contributed by atoms with Crippen LogP contribution < -0.4 is 9.47 Å². The lowest BCUT2D eigenvalue weighted by atomic mass is 10.1. The molecule has 3 aromatic rings. The molecule has 0 aliphatic rings. The Bertz CT molecular complexity index is 1020. The molecule has 0 aliphatic heterocycles. The van der Waals surface area contributed by atoms with Crippen molar-refractivity contribution in [1.82, 2.24) is 15.0 Å². The van der Waals surface area contributed by atoms with E-state index in [1.807, 2.05) is 13.8 Å². The summed E-state index contributed by atoms with van der Waals surface area (Å²) in [6.07, 6.45) is 1.69. The van der Waals surface area contributed by atoms with Gasteiger partial charge in [-0.05, 0) is 26.0 Å². The van der Waals surface area contributed by atoms with Crippen LogP contribution in [0.3, 0.4) is 0 Å². The van der Waals surface area contributed by atoms with Gasteiger partial charge in [0.25, 0.3) is 0 Å². The molecule has 6 nitrogen and oxygen atoms in total. The Kier molecular flexibility index (Phi) is 3.56. The maximum absolute atomic E-state index is 12.7. The molecule has 7 heteroatoms. The number of hydrogen-bond acceptors (Lipinski definition) is 5. The van der Waals surface area contributed by atoms with Gasteiger partial charge in [0.2, 0.25) is 0 Å². The number of imidazole rings is 1. The molecular weight excluding hydrogens is 327 g/mol. The monoisotopic (exact) mass is 349 g/mol. The van der Waals surface area contributed by atoms with Gasteiger partial charge in [0, 0.05) is 23.4 Å². The Hall–Kier alpha value is -2.41. The lowest BCUT2D eigenvalue weighted by Gasteiger charge is -2.11. The number of nitrogens with one attached hydrogen (secondary N) is 1. The van der Waals surface area contributed by atoms with E-state index in [-0.39, 0.29) is 16.7 Å². The van der Waals surface area contributed by atoms with Crippen LogP contribution in [0.15, 0.2) is 29.6 Å². The Morgan fingerprint density at radius 2 is 2.17 bits per heavy atom. The highest BCUT2D eigenvalue weighted by molar-refractivity contribution is 7.84. The Morgan fingerprint density at radius 1 is 1.33 bits per heavy atom. The van der Waals surface area contributed by atoms with Crippen molar-refractivity contribution in [2.75, 3.05) is 14.1 Å². The molecule has 0 fully saturated rings. The normalized spacial score (nSPS) is 14.7. The molecule has 0 saturated carbocycles. The van der Waals surface area contributed by atoms with Crippen molar-refractivity contribution in [1.29, 1.82) is 0 Å². The predicted molar refractivity (Wildman–Crippen MR) is 93.0 cm³/mol. The number of hydrogen-bond donors (Lipinski definition) is 1. The first-order valence-electron chi connectivity index (χ1n) is 8.74. The first kappa shape index (κ1) is 12.9. The van der Waals surface area contributed by atoms with Crippen molar-refractivity contribution in [3.05, 3.63) is 41.2 Å². The molecule has 2 aromatic heterocycles. The number of aromatic amines is 1. The van der Waals surface area contributed by atoms with Crippen LogP contribution in [0.5, 0.6) is 11.5 Å². The van der Waals surface area contributed by atoms with Crippen LogP contribution in [0.4, 0.5) is 0 Å². The summed E-state index contributed by atoms with van der Waals surface area (Å²) in [4.78, 5) is 11.7. The number of pyridine rings is 1. The molecule has 3 rings (SSSR count). The molecule has 126 valence electrons. The standard InChI is InChI=1S/C17H19N3O3S/c1-10-8-18-15(11(2)16(10)23-4)9-24(21)17-19-13-6-5-12(22-3)7-14(13)20-17/h5-8H,9H2,1-4H3,(H,19,20)/i3+1D3. The van der Waals surface area contributed by atoms with Crippen LogP contribution >= 0.6 is 0 Å². The van der Waals surface area contributed by atoms with E-state index in [1.54, 1.807) is 19.4 Å². The second kappa shape index (κ2) is 6.60. The summed E-state index contributed by atoms with van der Waals surface area (Å²) in [5.74, 6) is 1.10. The third kappa shape index (κ3) is 2.99. The quantitative estimate of drug-likeness (QED) is 0.717. The van der Waals surface area contributed by atoms with Crippen molar-refractivity contribution in [3.8, 4) is 11.5 Å². The Labute approximate surface area is 146 Å². The zero-order valence-electron chi connectivity index (χ0n) is 16.5. The Morgan fingerprint density at radius 3 is 2.92 bits per heavy atom. The topological polar surface area (TPSA) is 77.1 Å². The van der Waals surface area contributed by atoms with Crippen LogP contribution in [-0.2, 0) is 16.6 Å². The van der Waals surface area contributed by atoms with E-state index in [9.17, 15) is 4.21 Å². The van der Waals surface area contributed by atoms with Crippen LogP contribution in [-0.4, -0.2) is 33.3 Å². The predicted octanol–water partition coefficient (Wildman–Crippen LogP) is 2.90. The minimum atomic E-state index is -2.53. The van der Waals surface area contributed by atoms with Gasteiger partial charge in [-0.3, -0.25) is 9.19 Å². The second-order valence-electron chi connectivity index (χ2n) is 5.36. The van der Waals surface area contributed by atoms with E-state index in [0.29, 0.717) is 16.7 Å². The van der Waals surface area contributed by atoms with Crippen molar-refractivity contribution in [2.45, 2.75) is 24.8 Å². The first-order chi connectivity index (χ1) is 12.7. The number of H-pyrrole nitrogens is 1. The molecule has 1 atom stereocenters. The number of ether oxygens (including phenoxy) is 2. The molecule has 24 heavy (non-hydrogen) atoms. The third-order valence-electron chi connectivity index (χ3n) is 3.78. The molecule has 0 bridgehead atoms. The fourth-order valence-electron chi connectivity index (χ4n) is 2.55. The molecule has 2 heterocycles. The van der Waals surface area contributed by atoms with Crippen molar-refractivity contribution >= 4 is 21.8 Å². The van der Waals surface area contributed by atoms with E-state index >= 15 is 0 Å². The summed E-state index contributed by atoms with van der Waals surface area (Å²) < 4.78 is 44.5. The van der Waals surface area contributed by atoms with Crippen molar-refractivity contribution in [3.63, 3.8) is 0 Å². The molecule has 0 radical (unpaired) electrons. The molecule has 1 aromatic carbocycles. The summed E-state index contributed by atoms with van der Waals surface area (Å²) in [6, 6.07) is 4.65. The number of aromatic nitrogens is 3. The highest BCUT2D eigenvalue weighted by Crippen LogP contribution is 2.26. The van der Waals surface area contributed by atoms with Crippen LogP contribution in [0.2, 0.25) is 0 Å². The number of benzene rings is 1. The van der Waals surface area contributed by atoms with E-state index in [1.165, 1.54) is 12.1 Å². The van der Waals surface area contributed by atoms with Crippen LogP contribution in [0, 0.1) is 13.8 Å². The average Bonchev–Trinajstić information content (AvgIpc) is 3.00. The number of aryl methyl sites for hydroxylation is 1. The van der Waals surface area contributed by atoms with Crippen LogP contribution in [0.1, 0.15) is 20.9 Å². The van der Waals surface area contributed by atoms with Gasteiger partial charge < -0.3 is 14.5 Å². The zero-order valence-corrected chi connectivity index (χ0v) is 14.4. The lowest BCUT2D eigenvalue weighted by molar-refractivity contribution is 0.407. The number of rotatable bonds is 5. The van der Waals surface area contributed by atoms with E-state index in [0.717, 1.165) is 16.9 Å². The maximum atomic E-state index is 12.7. The molecule has 0 aliphatic carbocycles. The fourth-order valence-corrected chi connectivity index (χ4v) is 3.65. The summed E-state index contributed by atoms with van der Waals surface area (Å²) in [7, 11) is -2.40. The maximum Gasteiger partial charge on any atom is 0.197 e. The van der Waals surface area contributed by atoms with Crippen molar-refractivity contribution in [2.24, 2.45) is 0 Å². The summed E-state index contributed by atoms with van der Waals surface area (Å²) in [5, 5.41) is 0.289. The van der Waals surface area contributed by atoms with Gasteiger partial charge in [0.15, 0.2) is 5.16 Å². The molecular formula is C17H19N3O3S. The van der Waals surface area contributed by atoms with Gasteiger partial charge in [0.1, 0.15) is 11.5 Å². The van der Waals surface area contributed by atoms with Gasteiger partial charge in [-0.2, -0.15) is 0 Å². The molecule has 1 unspecified atom stereocenters. The number of methoxy groups -OCH3 is 2. The molecule has 0 amide bonds. The lowest BCUT2D eigenvalue weighted by Crippen LogP contribution is -2.05. The highest BCUT2D eigenvalue weighted by atomic mass is 32.2. The van der Waals surface area contributed by atoms with Gasteiger partial charge >= 0.3 is 0 Å². The fraction of sp³-hybridized carbons (Fsp3) is 0.294. The summed E-state index contributed by atoms with van der Waals surface area (Å²) >= 11 is 0. The SMILES string of the molecule is [2H][13C]([2H])([2H])Oc1ccc2nc(S(=O)Cc3ncc(C)c(OC)c3C)[nH]c2c1. The molecule has 0 saturated heterocycles. The summed E-state index contributed by atoms with van der Waals surface area (Å²) in [6.45, 7) is 3.78. The highest BCUT2D eigenvalue weighted by Gasteiger charge is 2.16. The zero-order chi connectivity index (χ0) is 19.8. The van der Waals surface area contributed by atoms with Crippen molar-refractivity contribution < 1.29 is 17.8 Å². The van der Waals surface area contributed by atoms with E-state index < -0.39 is 17.8 Å². The van der Waals surface area contributed by atoms with Gasteiger partial charge in [-0.25, -0.2) is 4.98 Å². The number of nitrogens with zero attached hydrogens (tertiary/aromatic N) is 2. The van der Waals surface area contributed by atoms with Gasteiger partial charge in [-0.1, -0.05) is 0 Å². The first-order valence-corrected chi connectivity index (χ1v) is 8.56. The third-order valence-corrected chi connectivity index (χ3v) is 4.94. The summed E-state index contributed by atoms with van der Waals surface area (Å²) in [5.41, 5.74) is 3.54. The Balaban J connectivity index is 1.86. The minimum Gasteiger partial charge on any atom is -0.497 e. The smallest absolute Gasteiger partial charge is 0.197 e. The van der Waals surface area contributed by atoms with Gasteiger partial charge in [0.05, 0.1) is 51.5 Å². The molecule has 0 spiro atoms. The molecule has 1 N–H and O–H groups in total. The number of fused-ring (bicyclic) bond motifs is 1. The van der Waals surface area contributed by atoms with E-state index in [2.05, 4.69) is 15.0 Å². The second-order valence-corrected chi connectivity index (χ2v) is 6.73. The minimum absolute atomic E-state index is 0.181. The average molecular weight is 349 g/mol. The van der Waals surface area contributed by atoms with Gasteiger partial charge in [-0.15, -0.1) is 0 Å².